The maximum atomic E-state index is 11.1. The third kappa shape index (κ3) is 8.27. The Morgan fingerprint density at radius 2 is 1.71 bits per heavy atom. The number of β-amino-alcohol motifs (C(OH)–C–C–N with tert-alkyl or cyclic N) is 1. The molecule has 218 valence electrons. The molecule has 5 rings (SSSR count). The molecule has 2 aliphatic rings. The summed E-state index contributed by atoms with van der Waals surface area (Å²) < 4.78 is 6.13. The summed E-state index contributed by atoms with van der Waals surface area (Å²) in [5, 5.41) is 20.4. The van der Waals surface area contributed by atoms with E-state index in [-0.39, 0.29) is 12.3 Å². The first kappa shape index (κ1) is 29.5. The number of carbonyl (C=O) groups is 1. The van der Waals surface area contributed by atoms with E-state index >= 15 is 0 Å². The van der Waals surface area contributed by atoms with Crippen molar-refractivity contribution in [2.24, 2.45) is 5.92 Å². The zero-order valence-corrected chi connectivity index (χ0v) is 24.4. The van der Waals surface area contributed by atoms with Gasteiger partial charge in [-0.1, -0.05) is 23.2 Å². The highest BCUT2D eigenvalue weighted by Crippen LogP contribution is 2.31. The summed E-state index contributed by atoms with van der Waals surface area (Å²) in [5.74, 6) is 0.838. The van der Waals surface area contributed by atoms with E-state index < -0.39 is 12.1 Å². The van der Waals surface area contributed by atoms with Gasteiger partial charge in [-0.2, -0.15) is 0 Å². The van der Waals surface area contributed by atoms with Gasteiger partial charge in [-0.15, -0.1) is 0 Å². The molecule has 0 aliphatic carbocycles. The van der Waals surface area contributed by atoms with Crippen molar-refractivity contribution in [1.82, 2.24) is 24.8 Å². The molecule has 1 unspecified atom stereocenters. The molecule has 2 aliphatic heterocycles. The van der Waals surface area contributed by atoms with Crippen molar-refractivity contribution < 1.29 is 19.7 Å². The minimum Gasteiger partial charge on any atom is -0.481 e. The number of rotatable bonds is 8. The molecular formula is C29H34Cl2N6O4. The van der Waals surface area contributed by atoms with E-state index in [1.165, 1.54) is 0 Å². The number of hydrogen-bond donors (Lipinski definition) is 2. The van der Waals surface area contributed by atoms with Gasteiger partial charge in [-0.05, 0) is 68.7 Å². The van der Waals surface area contributed by atoms with Crippen LogP contribution in [0.15, 0.2) is 42.7 Å². The van der Waals surface area contributed by atoms with Gasteiger partial charge in [0, 0.05) is 60.8 Å². The monoisotopic (exact) mass is 600 g/mol. The van der Waals surface area contributed by atoms with Crippen LogP contribution in [0.2, 0.25) is 10.0 Å². The Balaban J connectivity index is 1.35. The number of aliphatic hydroxyl groups is 1. The summed E-state index contributed by atoms with van der Waals surface area (Å²) in [4.78, 5) is 31.2. The van der Waals surface area contributed by atoms with Crippen LogP contribution in [-0.4, -0.2) is 93.4 Å². The Bertz CT molecular complexity index is 1330. The first-order chi connectivity index (χ1) is 19.7. The van der Waals surface area contributed by atoms with E-state index in [0.29, 0.717) is 53.0 Å². The molecule has 3 aromatic rings. The van der Waals surface area contributed by atoms with Gasteiger partial charge in [0.2, 0.25) is 11.8 Å². The van der Waals surface area contributed by atoms with Crippen LogP contribution in [-0.2, 0) is 11.3 Å². The highest BCUT2D eigenvalue weighted by Gasteiger charge is 2.23. The largest absolute Gasteiger partial charge is 0.481 e. The van der Waals surface area contributed by atoms with Gasteiger partial charge in [0.25, 0.3) is 0 Å². The molecule has 0 saturated carbocycles. The summed E-state index contributed by atoms with van der Waals surface area (Å²) in [6.45, 7) is 4.92. The van der Waals surface area contributed by atoms with Crippen LogP contribution in [0.5, 0.6) is 11.6 Å². The molecule has 12 heteroatoms. The first-order valence-electron chi connectivity index (χ1n) is 13.7. The normalized spacial score (nSPS) is 19.2. The Kier molecular flexibility index (Phi) is 9.57. The van der Waals surface area contributed by atoms with Crippen molar-refractivity contribution in [3.05, 3.63) is 58.3 Å². The van der Waals surface area contributed by atoms with Crippen LogP contribution in [0, 0.1) is 5.92 Å². The van der Waals surface area contributed by atoms with Crippen LogP contribution < -0.4 is 9.64 Å². The summed E-state index contributed by atoms with van der Waals surface area (Å²) >= 11 is 12.6. The number of benzene rings is 1. The highest BCUT2D eigenvalue weighted by molar-refractivity contribution is 6.35. The SMILES string of the molecule is CN1CCN(c2ncc(Oc3cc(CN4CCC(CC(=O)O)CC4)cc(-c4cc(Cl)cc(Cl)c4)n3)cn2)CC(O)C1. The minimum absolute atomic E-state index is 0.214. The number of carboxylic acid groups (broad SMARTS) is 1. The number of nitrogens with zero attached hydrogens (tertiary/aromatic N) is 6. The van der Waals surface area contributed by atoms with E-state index in [0.717, 1.165) is 50.1 Å². The second-order valence-corrected chi connectivity index (χ2v) is 11.7. The molecule has 0 spiro atoms. The van der Waals surface area contributed by atoms with Gasteiger partial charge < -0.3 is 24.7 Å². The molecule has 0 radical (unpaired) electrons. The van der Waals surface area contributed by atoms with E-state index in [1.807, 2.05) is 36.2 Å². The van der Waals surface area contributed by atoms with Gasteiger partial charge >= 0.3 is 5.97 Å². The lowest BCUT2D eigenvalue weighted by molar-refractivity contribution is -0.138. The van der Waals surface area contributed by atoms with Crippen LogP contribution >= 0.6 is 23.2 Å². The molecule has 4 heterocycles. The lowest BCUT2D eigenvalue weighted by Crippen LogP contribution is -2.34. The van der Waals surface area contributed by atoms with Gasteiger partial charge in [0.1, 0.15) is 0 Å². The Morgan fingerprint density at radius 3 is 2.39 bits per heavy atom. The number of halogens is 2. The van der Waals surface area contributed by atoms with Crippen molar-refractivity contribution in [1.29, 1.82) is 0 Å². The maximum Gasteiger partial charge on any atom is 0.303 e. The molecule has 1 aromatic carbocycles. The first-order valence-corrected chi connectivity index (χ1v) is 14.5. The Labute approximate surface area is 249 Å². The number of piperidine rings is 1. The standard InChI is InChI=1S/C29H34Cl2N6O4/c1-35-6-7-37(18-24(38)17-35)29-32-14-25(15-33-29)41-27-9-20(16-36-4-2-19(3-5-36)10-28(39)40)8-26(34-27)21-11-22(30)13-23(31)12-21/h8-9,11-15,19,24,38H,2-7,10,16-18H2,1H3,(H,39,40). The second-order valence-electron chi connectivity index (χ2n) is 10.9. The maximum absolute atomic E-state index is 11.1. The van der Waals surface area contributed by atoms with Gasteiger partial charge in [0.15, 0.2) is 5.75 Å². The van der Waals surface area contributed by atoms with Crippen LogP contribution in [0.25, 0.3) is 11.3 Å². The van der Waals surface area contributed by atoms with Crippen LogP contribution in [0.3, 0.4) is 0 Å². The zero-order chi connectivity index (χ0) is 28.9. The molecular weight excluding hydrogens is 567 g/mol. The minimum atomic E-state index is -0.738. The summed E-state index contributed by atoms with van der Waals surface area (Å²) in [5.41, 5.74) is 2.44. The fraction of sp³-hybridized carbons (Fsp3) is 0.448. The van der Waals surface area contributed by atoms with E-state index in [1.54, 1.807) is 18.5 Å². The quantitative estimate of drug-likeness (QED) is 0.384. The van der Waals surface area contributed by atoms with Crippen molar-refractivity contribution in [2.45, 2.75) is 31.9 Å². The van der Waals surface area contributed by atoms with E-state index in [2.05, 4.69) is 19.8 Å². The second kappa shape index (κ2) is 13.3. The molecule has 2 N–H and O–H groups in total. The number of pyridine rings is 1. The average molecular weight is 602 g/mol. The van der Waals surface area contributed by atoms with Crippen LogP contribution in [0.1, 0.15) is 24.8 Å². The number of likely N-dealkylation sites (N-methyl/N-ethyl adjacent to an activating group) is 1. The van der Waals surface area contributed by atoms with Crippen molar-refractivity contribution in [2.75, 3.05) is 51.2 Å². The number of likely N-dealkylation sites (tertiary alicyclic amines) is 1. The fourth-order valence-electron chi connectivity index (χ4n) is 5.38. The van der Waals surface area contributed by atoms with E-state index in [4.69, 9.17) is 38.0 Å². The van der Waals surface area contributed by atoms with Crippen molar-refractivity contribution in [3.8, 4) is 22.9 Å². The number of aliphatic carboxylic acids is 1. The molecule has 1 atom stereocenters. The number of anilines is 1. The number of carboxylic acids is 1. The smallest absolute Gasteiger partial charge is 0.303 e. The zero-order valence-electron chi connectivity index (χ0n) is 22.9. The topological polar surface area (TPSA) is 115 Å². The Hall–Kier alpha value is -3.02. The third-order valence-electron chi connectivity index (χ3n) is 7.42. The van der Waals surface area contributed by atoms with Gasteiger partial charge in [0.05, 0.1) is 24.2 Å². The molecule has 0 amide bonds. The number of hydrogen-bond acceptors (Lipinski definition) is 9. The van der Waals surface area contributed by atoms with Crippen LogP contribution in [0.4, 0.5) is 5.95 Å². The van der Waals surface area contributed by atoms with Crippen molar-refractivity contribution >= 4 is 35.1 Å². The van der Waals surface area contributed by atoms with Crippen molar-refractivity contribution in [3.63, 3.8) is 0 Å². The number of aromatic nitrogens is 3. The van der Waals surface area contributed by atoms with Gasteiger partial charge in [-0.3, -0.25) is 9.69 Å². The molecule has 10 nitrogen and oxygen atoms in total. The third-order valence-corrected chi connectivity index (χ3v) is 7.86. The predicted octanol–water partition coefficient (Wildman–Crippen LogP) is 4.44. The highest BCUT2D eigenvalue weighted by atomic mass is 35.5. The summed E-state index contributed by atoms with van der Waals surface area (Å²) in [6.07, 6.45) is 4.67. The average Bonchev–Trinajstić information content (AvgIpc) is 3.09. The number of ether oxygens (including phenoxy) is 1. The molecule has 41 heavy (non-hydrogen) atoms. The summed E-state index contributed by atoms with van der Waals surface area (Å²) in [7, 11) is 1.98. The Morgan fingerprint density at radius 1 is 1.00 bits per heavy atom. The van der Waals surface area contributed by atoms with E-state index in [9.17, 15) is 9.90 Å². The molecule has 2 aromatic heterocycles. The molecule has 0 bridgehead atoms. The molecule has 2 saturated heterocycles. The van der Waals surface area contributed by atoms with Gasteiger partial charge in [-0.25, -0.2) is 15.0 Å². The lowest BCUT2D eigenvalue weighted by Gasteiger charge is -2.31. The summed E-state index contributed by atoms with van der Waals surface area (Å²) in [6, 6.07) is 9.19. The number of aliphatic hydroxyl groups excluding tert-OH is 1. The fourth-order valence-corrected chi connectivity index (χ4v) is 5.91. The lowest BCUT2D eigenvalue weighted by atomic mass is 9.93. The molecule has 2 fully saturated rings. The predicted molar refractivity (Wildman–Crippen MR) is 158 cm³/mol.